The van der Waals surface area contributed by atoms with E-state index in [1.165, 1.54) is 0 Å². The molecule has 0 aliphatic heterocycles. The number of hydrogen-bond acceptors (Lipinski definition) is 3. The summed E-state index contributed by atoms with van der Waals surface area (Å²) in [4.78, 5) is 23.7. The number of aliphatic hydroxyl groups is 1. The summed E-state index contributed by atoms with van der Waals surface area (Å²) in [5, 5.41) is 15.5. The fourth-order valence-corrected chi connectivity index (χ4v) is 2.34. The Balaban J connectivity index is 1.82. The van der Waals surface area contributed by atoms with Crippen LogP contribution in [0.25, 0.3) is 0 Å². The molecular weight excluding hydrogens is 328 g/mol. The molecule has 0 bridgehead atoms. The van der Waals surface area contributed by atoms with E-state index in [9.17, 15) is 14.7 Å². The molecule has 2 amide bonds. The molecule has 0 heterocycles. The Morgan fingerprint density at radius 2 is 1.79 bits per heavy atom. The van der Waals surface area contributed by atoms with Crippen molar-refractivity contribution in [2.24, 2.45) is 0 Å². The second-order valence-electron chi connectivity index (χ2n) is 5.34. The van der Waals surface area contributed by atoms with Crippen LogP contribution in [0.2, 0.25) is 5.02 Å². The SMILES string of the molecule is Cc1c(Cl)cccc1NC(=O)C(=O)NCC[C@@H](O)c1ccccc1. The van der Waals surface area contributed by atoms with Crippen molar-refractivity contribution in [1.82, 2.24) is 5.32 Å². The summed E-state index contributed by atoms with van der Waals surface area (Å²) in [6.45, 7) is 1.95. The molecule has 6 heteroatoms. The maximum atomic E-state index is 11.9. The topological polar surface area (TPSA) is 78.4 Å². The second-order valence-corrected chi connectivity index (χ2v) is 5.74. The lowest BCUT2D eigenvalue weighted by Crippen LogP contribution is -2.36. The number of carbonyl (C=O) groups excluding carboxylic acids is 2. The summed E-state index contributed by atoms with van der Waals surface area (Å²) < 4.78 is 0. The molecule has 0 aliphatic carbocycles. The van der Waals surface area contributed by atoms with Crippen molar-refractivity contribution >= 4 is 29.1 Å². The van der Waals surface area contributed by atoms with Crippen molar-refractivity contribution in [2.75, 3.05) is 11.9 Å². The lowest BCUT2D eigenvalue weighted by atomic mass is 10.1. The van der Waals surface area contributed by atoms with Gasteiger partial charge in [-0.1, -0.05) is 48.0 Å². The summed E-state index contributed by atoms with van der Waals surface area (Å²) >= 11 is 5.97. The molecule has 0 radical (unpaired) electrons. The quantitative estimate of drug-likeness (QED) is 0.728. The standard InChI is InChI=1S/C18H19ClN2O3/c1-12-14(19)8-5-9-15(12)21-18(24)17(23)20-11-10-16(22)13-6-3-2-4-7-13/h2-9,16,22H,10-11H2,1H3,(H,20,23)(H,21,24)/t16-/m1/s1. The lowest BCUT2D eigenvalue weighted by molar-refractivity contribution is -0.136. The maximum Gasteiger partial charge on any atom is 0.313 e. The zero-order valence-electron chi connectivity index (χ0n) is 13.3. The highest BCUT2D eigenvalue weighted by Crippen LogP contribution is 2.22. The minimum absolute atomic E-state index is 0.191. The number of halogens is 1. The normalized spacial score (nSPS) is 11.6. The zero-order chi connectivity index (χ0) is 17.5. The predicted molar refractivity (Wildman–Crippen MR) is 93.8 cm³/mol. The first-order valence-corrected chi connectivity index (χ1v) is 7.94. The summed E-state index contributed by atoms with van der Waals surface area (Å²) in [7, 11) is 0. The Morgan fingerprint density at radius 3 is 2.50 bits per heavy atom. The second kappa shape index (κ2) is 8.47. The fourth-order valence-electron chi connectivity index (χ4n) is 2.17. The molecular formula is C18H19ClN2O3. The van der Waals surface area contributed by atoms with Crippen LogP contribution in [-0.4, -0.2) is 23.5 Å². The number of benzene rings is 2. The van der Waals surface area contributed by atoms with E-state index in [4.69, 9.17) is 11.6 Å². The number of hydrogen-bond donors (Lipinski definition) is 3. The lowest BCUT2D eigenvalue weighted by Gasteiger charge is -2.12. The molecule has 0 saturated carbocycles. The first-order valence-electron chi connectivity index (χ1n) is 7.56. The molecule has 5 nitrogen and oxygen atoms in total. The third-order valence-electron chi connectivity index (χ3n) is 3.61. The first-order chi connectivity index (χ1) is 11.5. The molecule has 0 aliphatic rings. The molecule has 2 aromatic rings. The van der Waals surface area contributed by atoms with Gasteiger partial charge in [0.25, 0.3) is 0 Å². The molecule has 2 aromatic carbocycles. The molecule has 0 fully saturated rings. The van der Waals surface area contributed by atoms with E-state index >= 15 is 0 Å². The smallest absolute Gasteiger partial charge is 0.313 e. The minimum atomic E-state index is -0.769. The van der Waals surface area contributed by atoms with E-state index in [0.717, 1.165) is 5.56 Å². The van der Waals surface area contributed by atoms with E-state index in [1.54, 1.807) is 37.3 Å². The van der Waals surface area contributed by atoms with Gasteiger partial charge in [-0.15, -0.1) is 0 Å². The van der Waals surface area contributed by atoms with Crippen molar-refractivity contribution < 1.29 is 14.7 Å². The van der Waals surface area contributed by atoms with Gasteiger partial charge in [-0.05, 0) is 36.6 Å². The van der Waals surface area contributed by atoms with Crippen LogP contribution < -0.4 is 10.6 Å². The maximum absolute atomic E-state index is 11.9. The third-order valence-corrected chi connectivity index (χ3v) is 4.02. The molecule has 0 saturated heterocycles. The minimum Gasteiger partial charge on any atom is -0.388 e. The zero-order valence-corrected chi connectivity index (χ0v) is 14.0. The number of aliphatic hydroxyl groups excluding tert-OH is 1. The van der Waals surface area contributed by atoms with Crippen LogP contribution in [0.1, 0.15) is 23.7 Å². The molecule has 2 rings (SSSR count). The Bertz CT molecular complexity index is 719. The van der Waals surface area contributed by atoms with Gasteiger partial charge >= 0.3 is 11.8 Å². The van der Waals surface area contributed by atoms with Gasteiger partial charge in [0.05, 0.1) is 6.10 Å². The number of amides is 2. The molecule has 24 heavy (non-hydrogen) atoms. The summed E-state index contributed by atoms with van der Waals surface area (Å²) in [6, 6.07) is 14.2. The largest absolute Gasteiger partial charge is 0.388 e. The van der Waals surface area contributed by atoms with Gasteiger partial charge in [0.15, 0.2) is 0 Å². The third kappa shape index (κ3) is 4.81. The highest BCUT2D eigenvalue weighted by atomic mass is 35.5. The van der Waals surface area contributed by atoms with E-state index in [2.05, 4.69) is 10.6 Å². The Kier molecular flexibility index (Phi) is 6.35. The monoisotopic (exact) mass is 346 g/mol. The van der Waals surface area contributed by atoms with Crippen molar-refractivity contribution in [3.63, 3.8) is 0 Å². The average Bonchev–Trinajstić information content (AvgIpc) is 2.59. The van der Waals surface area contributed by atoms with Crippen LogP contribution in [0, 0.1) is 6.92 Å². The van der Waals surface area contributed by atoms with Crippen molar-refractivity contribution in [3.05, 3.63) is 64.7 Å². The fraction of sp³-hybridized carbons (Fsp3) is 0.222. The number of rotatable bonds is 5. The molecule has 126 valence electrons. The predicted octanol–water partition coefficient (Wildman–Crippen LogP) is 2.83. The van der Waals surface area contributed by atoms with Crippen LogP contribution in [0.15, 0.2) is 48.5 Å². The van der Waals surface area contributed by atoms with E-state index in [1.807, 2.05) is 18.2 Å². The van der Waals surface area contributed by atoms with Crippen molar-refractivity contribution in [2.45, 2.75) is 19.4 Å². The highest BCUT2D eigenvalue weighted by molar-refractivity contribution is 6.40. The summed E-state index contributed by atoms with van der Waals surface area (Å²) in [5.74, 6) is -1.52. The summed E-state index contributed by atoms with van der Waals surface area (Å²) in [5.41, 5.74) is 1.96. The Labute approximate surface area is 145 Å². The van der Waals surface area contributed by atoms with Gasteiger partial charge in [-0.3, -0.25) is 9.59 Å². The average molecular weight is 347 g/mol. The van der Waals surface area contributed by atoms with E-state index in [0.29, 0.717) is 22.7 Å². The highest BCUT2D eigenvalue weighted by Gasteiger charge is 2.15. The van der Waals surface area contributed by atoms with Crippen LogP contribution in [0.5, 0.6) is 0 Å². The van der Waals surface area contributed by atoms with Crippen LogP contribution in [0.4, 0.5) is 5.69 Å². The molecule has 3 N–H and O–H groups in total. The van der Waals surface area contributed by atoms with Crippen LogP contribution in [-0.2, 0) is 9.59 Å². The van der Waals surface area contributed by atoms with Gasteiger partial charge in [0.1, 0.15) is 0 Å². The van der Waals surface area contributed by atoms with Crippen molar-refractivity contribution in [3.8, 4) is 0 Å². The molecule has 0 spiro atoms. The first kappa shape index (κ1) is 18.0. The summed E-state index contributed by atoms with van der Waals surface area (Å²) in [6.07, 6.45) is -0.371. The van der Waals surface area contributed by atoms with Crippen LogP contribution >= 0.6 is 11.6 Å². The Hall–Kier alpha value is -2.37. The van der Waals surface area contributed by atoms with Crippen molar-refractivity contribution in [1.29, 1.82) is 0 Å². The van der Waals surface area contributed by atoms with Gasteiger partial charge in [-0.2, -0.15) is 0 Å². The van der Waals surface area contributed by atoms with E-state index < -0.39 is 17.9 Å². The van der Waals surface area contributed by atoms with Gasteiger partial charge < -0.3 is 15.7 Å². The van der Waals surface area contributed by atoms with Gasteiger partial charge in [-0.25, -0.2) is 0 Å². The Morgan fingerprint density at radius 1 is 1.08 bits per heavy atom. The van der Waals surface area contributed by atoms with Gasteiger partial charge in [0.2, 0.25) is 0 Å². The molecule has 0 unspecified atom stereocenters. The number of anilines is 1. The molecule has 0 aromatic heterocycles. The number of carbonyl (C=O) groups is 2. The van der Waals surface area contributed by atoms with E-state index in [-0.39, 0.29) is 6.54 Å². The van der Waals surface area contributed by atoms with Crippen LogP contribution in [0.3, 0.4) is 0 Å². The molecule has 1 atom stereocenters. The van der Waals surface area contributed by atoms with Gasteiger partial charge in [0, 0.05) is 17.3 Å². The number of nitrogens with one attached hydrogen (secondary N) is 2.